The van der Waals surface area contributed by atoms with Gasteiger partial charge in [-0.1, -0.05) is 13.0 Å². The molecule has 0 aliphatic rings. The number of nitrogens with zero attached hydrogens (tertiary/aromatic N) is 2. The van der Waals surface area contributed by atoms with Crippen LogP contribution in [-0.2, 0) is 16.6 Å². The van der Waals surface area contributed by atoms with E-state index >= 15 is 0 Å². The number of aromatic nitrogens is 2. The van der Waals surface area contributed by atoms with Crippen molar-refractivity contribution in [2.45, 2.75) is 37.8 Å². The highest BCUT2D eigenvalue weighted by Gasteiger charge is 2.23. The summed E-state index contributed by atoms with van der Waals surface area (Å²) in [6.45, 7) is 4.36. The smallest absolute Gasteiger partial charge is 0.244 e. The van der Waals surface area contributed by atoms with E-state index in [0.717, 1.165) is 5.56 Å². The van der Waals surface area contributed by atoms with Gasteiger partial charge in [-0.25, -0.2) is 18.1 Å². The van der Waals surface area contributed by atoms with Crippen LogP contribution in [-0.4, -0.2) is 31.1 Å². The van der Waals surface area contributed by atoms with E-state index in [0.29, 0.717) is 18.7 Å². The van der Waals surface area contributed by atoms with Crippen LogP contribution in [0.3, 0.4) is 0 Å². The second-order valence-electron chi connectivity index (χ2n) is 5.14. The van der Waals surface area contributed by atoms with Crippen LogP contribution in [0, 0.1) is 6.92 Å². The molecule has 7 heteroatoms. The number of ether oxygens (including phenoxy) is 1. The summed E-state index contributed by atoms with van der Waals surface area (Å²) in [5.74, 6) is 0.352. The molecular formula is C15H21N3O3S. The third-order valence-electron chi connectivity index (χ3n) is 3.41. The number of hydrogen-bond acceptors (Lipinski definition) is 4. The van der Waals surface area contributed by atoms with Crippen LogP contribution in [0.15, 0.2) is 41.8 Å². The van der Waals surface area contributed by atoms with Crippen LogP contribution in [0.4, 0.5) is 0 Å². The van der Waals surface area contributed by atoms with E-state index in [1.165, 1.54) is 7.11 Å². The first-order chi connectivity index (χ1) is 10.5. The van der Waals surface area contributed by atoms with Crippen LogP contribution >= 0.6 is 0 Å². The van der Waals surface area contributed by atoms with Gasteiger partial charge in [0.25, 0.3) is 0 Å². The SMILES string of the molecule is CCC(Cn1ccnc1)NS(=O)(=O)c1ccc(C)cc1OC. The molecular weight excluding hydrogens is 302 g/mol. The van der Waals surface area contributed by atoms with Gasteiger partial charge in [0.15, 0.2) is 0 Å². The van der Waals surface area contributed by atoms with Crippen molar-refractivity contribution in [1.29, 1.82) is 0 Å². The van der Waals surface area contributed by atoms with Gasteiger partial charge in [0, 0.05) is 25.0 Å². The minimum atomic E-state index is -3.64. The molecule has 1 atom stereocenters. The number of benzene rings is 1. The molecule has 0 amide bonds. The van der Waals surface area contributed by atoms with Crippen molar-refractivity contribution in [3.63, 3.8) is 0 Å². The standard InChI is InChI=1S/C15H21N3O3S/c1-4-13(10-18-8-7-16-11-18)17-22(19,20)15-6-5-12(2)9-14(15)21-3/h5-9,11,13,17H,4,10H2,1-3H3. The second-order valence-corrected chi connectivity index (χ2v) is 6.82. The first-order valence-corrected chi connectivity index (χ1v) is 8.57. The lowest BCUT2D eigenvalue weighted by Crippen LogP contribution is -2.37. The van der Waals surface area contributed by atoms with Gasteiger partial charge >= 0.3 is 0 Å². The van der Waals surface area contributed by atoms with E-state index in [-0.39, 0.29) is 10.9 Å². The Hall–Kier alpha value is -1.86. The van der Waals surface area contributed by atoms with Crippen molar-refractivity contribution in [3.8, 4) is 5.75 Å². The van der Waals surface area contributed by atoms with Crippen molar-refractivity contribution < 1.29 is 13.2 Å². The fraction of sp³-hybridized carbons (Fsp3) is 0.400. The summed E-state index contributed by atoms with van der Waals surface area (Å²) in [6, 6.07) is 4.82. The van der Waals surface area contributed by atoms with Gasteiger partial charge in [0.1, 0.15) is 10.6 Å². The molecule has 1 heterocycles. The van der Waals surface area contributed by atoms with Gasteiger partial charge in [-0.2, -0.15) is 0 Å². The summed E-state index contributed by atoms with van der Waals surface area (Å²) in [4.78, 5) is 4.12. The zero-order valence-electron chi connectivity index (χ0n) is 13.0. The van der Waals surface area contributed by atoms with Crippen molar-refractivity contribution in [1.82, 2.24) is 14.3 Å². The molecule has 1 unspecified atom stereocenters. The lowest BCUT2D eigenvalue weighted by Gasteiger charge is -2.18. The topological polar surface area (TPSA) is 73.2 Å². The van der Waals surface area contributed by atoms with Crippen LogP contribution in [0.25, 0.3) is 0 Å². The Labute approximate surface area is 131 Å². The van der Waals surface area contributed by atoms with Gasteiger partial charge in [-0.3, -0.25) is 0 Å². The van der Waals surface area contributed by atoms with E-state index in [1.807, 2.05) is 24.6 Å². The summed E-state index contributed by atoms with van der Waals surface area (Å²) in [5, 5.41) is 0. The van der Waals surface area contributed by atoms with Crippen LogP contribution < -0.4 is 9.46 Å². The molecule has 0 aliphatic heterocycles. The second kappa shape index (κ2) is 6.93. The van der Waals surface area contributed by atoms with Crippen molar-refractivity contribution in [2.75, 3.05) is 7.11 Å². The van der Waals surface area contributed by atoms with Gasteiger partial charge < -0.3 is 9.30 Å². The molecule has 1 N–H and O–H groups in total. The summed E-state index contributed by atoms with van der Waals surface area (Å²) in [7, 11) is -2.17. The maximum Gasteiger partial charge on any atom is 0.244 e. The fourth-order valence-corrected chi connectivity index (χ4v) is 3.64. The van der Waals surface area contributed by atoms with Crippen LogP contribution in [0.2, 0.25) is 0 Å². The molecule has 0 spiro atoms. The predicted molar refractivity (Wildman–Crippen MR) is 84.4 cm³/mol. The molecule has 2 aromatic rings. The van der Waals surface area contributed by atoms with Crippen LogP contribution in [0.1, 0.15) is 18.9 Å². The minimum absolute atomic E-state index is 0.157. The molecule has 0 radical (unpaired) electrons. The summed E-state index contributed by atoms with van der Waals surface area (Å²) < 4.78 is 35.0. The lowest BCUT2D eigenvalue weighted by atomic mass is 10.2. The zero-order chi connectivity index (χ0) is 16.2. The molecule has 0 aliphatic carbocycles. The minimum Gasteiger partial charge on any atom is -0.495 e. The number of aryl methyl sites for hydroxylation is 1. The molecule has 0 saturated heterocycles. The fourth-order valence-electron chi connectivity index (χ4n) is 2.18. The largest absolute Gasteiger partial charge is 0.495 e. The lowest BCUT2D eigenvalue weighted by molar-refractivity contribution is 0.401. The molecule has 1 aromatic heterocycles. The monoisotopic (exact) mass is 323 g/mol. The van der Waals surface area contributed by atoms with Crippen molar-refractivity contribution in [3.05, 3.63) is 42.5 Å². The molecule has 2 rings (SSSR count). The van der Waals surface area contributed by atoms with E-state index in [4.69, 9.17) is 4.74 Å². The molecule has 0 fully saturated rings. The van der Waals surface area contributed by atoms with Crippen LogP contribution in [0.5, 0.6) is 5.75 Å². The first kappa shape index (κ1) is 16.5. The average molecular weight is 323 g/mol. The summed E-state index contributed by atoms with van der Waals surface area (Å²) in [6.07, 6.45) is 5.82. The Morgan fingerprint density at radius 1 is 1.41 bits per heavy atom. The normalized spacial score (nSPS) is 13.0. The zero-order valence-corrected chi connectivity index (χ0v) is 13.8. The molecule has 6 nitrogen and oxygen atoms in total. The maximum absolute atomic E-state index is 12.6. The molecule has 0 bridgehead atoms. The van der Waals surface area contributed by atoms with E-state index in [2.05, 4.69) is 9.71 Å². The quantitative estimate of drug-likeness (QED) is 0.845. The number of nitrogens with one attached hydrogen (secondary N) is 1. The Morgan fingerprint density at radius 2 is 2.18 bits per heavy atom. The highest BCUT2D eigenvalue weighted by molar-refractivity contribution is 7.89. The van der Waals surface area contributed by atoms with Gasteiger partial charge in [-0.15, -0.1) is 0 Å². The number of sulfonamides is 1. The Bertz CT molecular complexity index is 712. The highest BCUT2D eigenvalue weighted by Crippen LogP contribution is 2.25. The molecule has 0 saturated carbocycles. The molecule has 120 valence electrons. The summed E-state index contributed by atoms with van der Waals surface area (Å²) in [5.41, 5.74) is 0.946. The number of imidazole rings is 1. The Kier molecular flexibility index (Phi) is 5.20. The van der Waals surface area contributed by atoms with E-state index in [1.54, 1.807) is 30.7 Å². The summed E-state index contributed by atoms with van der Waals surface area (Å²) >= 11 is 0. The first-order valence-electron chi connectivity index (χ1n) is 7.09. The van der Waals surface area contributed by atoms with E-state index < -0.39 is 10.0 Å². The Balaban J connectivity index is 2.22. The van der Waals surface area contributed by atoms with Gasteiger partial charge in [0.05, 0.1) is 13.4 Å². The Morgan fingerprint density at radius 3 is 2.77 bits per heavy atom. The third-order valence-corrected chi connectivity index (χ3v) is 4.97. The maximum atomic E-state index is 12.6. The predicted octanol–water partition coefficient (Wildman–Crippen LogP) is 1.96. The van der Waals surface area contributed by atoms with Gasteiger partial charge in [-0.05, 0) is 31.0 Å². The number of rotatable bonds is 7. The number of methoxy groups -OCH3 is 1. The average Bonchev–Trinajstić information content (AvgIpc) is 2.98. The van der Waals surface area contributed by atoms with Crippen molar-refractivity contribution in [2.24, 2.45) is 0 Å². The molecule has 22 heavy (non-hydrogen) atoms. The highest BCUT2D eigenvalue weighted by atomic mass is 32.2. The molecule has 1 aromatic carbocycles. The van der Waals surface area contributed by atoms with Gasteiger partial charge in [0.2, 0.25) is 10.0 Å². The number of hydrogen-bond donors (Lipinski definition) is 1. The van der Waals surface area contributed by atoms with Crippen molar-refractivity contribution >= 4 is 10.0 Å². The van der Waals surface area contributed by atoms with E-state index in [9.17, 15) is 8.42 Å². The third kappa shape index (κ3) is 3.86.